The summed E-state index contributed by atoms with van der Waals surface area (Å²) >= 11 is 0. The summed E-state index contributed by atoms with van der Waals surface area (Å²) in [4.78, 5) is 24.7. The number of carbonyl (C=O) groups is 2. The molecule has 1 amide bonds. The average Bonchev–Trinajstić information content (AvgIpc) is 2.68. The van der Waals surface area contributed by atoms with E-state index in [-0.39, 0.29) is 36.5 Å². The lowest BCUT2D eigenvalue weighted by atomic mass is 10.1. The Kier molecular flexibility index (Phi) is 2.50. The van der Waals surface area contributed by atoms with Crippen LogP contribution >= 0.6 is 0 Å². The molecular weight excluding hydrogens is 194 g/mol. The maximum atomic E-state index is 11.7. The molecule has 0 spiro atoms. The molecule has 4 heteroatoms. The fraction of sp³-hybridized carbons (Fsp3) is 0.636. The molecule has 0 N–H and O–H groups in total. The summed E-state index contributed by atoms with van der Waals surface area (Å²) in [7, 11) is 0. The van der Waals surface area contributed by atoms with Gasteiger partial charge in [0, 0.05) is 0 Å². The first-order valence-corrected chi connectivity index (χ1v) is 5.26. The second kappa shape index (κ2) is 3.68. The van der Waals surface area contributed by atoms with Crippen LogP contribution in [-0.4, -0.2) is 35.5 Å². The Labute approximate surface area is 88.9 Å². The smallest absolute Gasteiger partial charge is 0.325 e. The van der Waals surface area contributed by atoms with Crippen molar-refractivity contribution in [1.82, 2.24) is 4.90 Å². The molecule has 2 rings (SSSR count). The second-order valence-corrected chi connectivity index (χ2v) is 4.30. The quantitative estimate of drug-likeness (QED) is 0.508. The minimum atomic E-state index is -0.320. The number of likely N-dealkylation sites (tertiary alicyclic amines) is 1. The molecule has 0 radical (unpaired) electrons. The highest BCUT2D eigenvalue weighted by Crippen LogP contribution is 2.32. The van der Waals surface area contributed by atoms with Crippen molar-refractivity contribution < 1.29 is 14.3 Å². The topological polar surface area (TPSA) is 46.6 Å². The van der Waals surface area contributed by atoms with Crippen LogP contribution < -0.4 is 0 Å². The van der Waals surface area contributed by atoms with Crippen molar-refractivity contribution in [3.8, 4) is 0 Å². The molecule has 82 valence electrons. The third-order valence-electron chi connectivity index (χ3n) is 2.73. The highest BCUT2D eigenvalue weighted by atomic mass is 16.5. The predicted octanol–water partition coefficient (Wildman–Crippen LogP) is 0.725. The van der Waals surface area contributed by atoms with Crippen molar-refractivity contribution >= 4 is 11.9 Å². The molecule has 2 atom stereocenters. The van der Waals surface area contributed by atoms with Crippen LogP contribution in [0.25, 0.3) is 0 Å². The number of amides is 1. The third kappa shape index (κ3) is 1.89. The highest BCUT2D eigenvalue weighted by molar-refractivity contribution is 5.88. The number of ether oxygens (including phenoxy) is 1. The number of hydrogen-bond donors (Lipinski definition) is 0. The zero-order chi connectivity index (χ0) is 11.0. The molecule has 2 unspecified atom stereocenters. The van der Waals surface area contributed by atoms with Gasteiger partial charge in [-0.15, -0.1) is 0 Å². The van der Waals surface area contributed by atoms with Crippen LogP contribution in [0.2, 0.25) is 0 Å². The van der Waals surface area contributed by atoms with Gasteiger partial charge in [0.25, 0.3) is 0 Å². The van der Waals surface area contributed by atoms with Crippen LogP contribution in [0.3, 0.4) is 0 Å². The number of nitrogens with zero attached hydrogens (tertiary/aromatic N) is 1. The van der Waals surface area contributed by atoms with Gasteiger partial charge in [0.1, 0.15) is 6.54 Å². The molecule has 0 saturated carbocycles. The second-order valence-electron chi connectivity index (χ2n) is 4.30. The minimum Gasteiger partial charge on any atom is -0.462 e. The largest absolute Gasteiger partial charge is 0.462 e. The number of carbonyl (C=O) groups excluding carboxylic acids is 2. The van der Waals surface area contributed by atoms with E-state index in [1.54, 1.807) is 18.7 Å². The zero-order valence-electron chi connectivity index (χ0n) is 8.97. The van der Waals surface area contributed by atoms with Gasteiger partial charge >= 0.3 is 5.97 Å². The van der Waals surface area contributed by atoms with Gasteiger partial charge in [0.15, 0.2) is 0 Å². The summed E-state index contributed by atoms with van der Waals surface area (Å²) in [5.74, 6) is -0.260. The maximum absolute atomic E-state index is 11.7. The number of hydrogen-bond acceptors (Lipinski definition) is 3. The lowest BCUT2D eigenvalue weighted by Crippen LogP contribution is -2.39. The molecular formula is C11H15NO3. The number of esters is 1. The van der Waals surface area contributed by atoms with Crippen molar-refractivity contribution in [2.45, 2.75) is 32.4 Å². The van der Waals surface area contributed by atoms with E-state index in [1.807, 2.05) is 12.2 Å². The Morgan fingerprint density at radius 2 is 2.33 bits per heavy atom. The Morgan fingerprint density at radius 3 is 2.87 bits per heavy atom. The first-order valence-electron chi connectivity index (χ1n) is 5.26. The summed E-state index contributed by atoms with van der Waals surface area (Å²) in [6.45, 7) is 3.69. The lowest BCUT2D eigenvalue weighted by Gasteiger charge is -2.23. The van der Waals surface area contributed by atoms with Gasteiger partial charge in [-0.2, -0.15) is 0 Å². The summed E-state index contributed by atoms with van der Waals surface area (Å²) in [5.41, 5.74) is 0. The SMILES string of the molecule is CC(C)OC(=O)CN1C(=O)C2C=CC1C2. The van der Waals surface area contributed by atoms with Crippen LogP contribution in [0, 0.1) is 5.92 Å². The Morgan fingerprint density at radius 1 is 1.60 bits per heavy atom. The van der Waals surface area contributed by atoms with Crippen molar-refractivity contribution in [2.75, 3.05) is 6.54 Å². The van der Waals surface area contributed by atoms with Gasteiger partial charge in [0.05, 0.1) is 18.1 Å². The van der Waals surface area contributed by atoms with Gasteiger partial charge in [0.2, 0.25) is 5.91 Å². The van der Waals surface area contributed by atoms with Crippen molar-refractivity contribution in [3.05, 3.63) is 12.2 Å². The van der Waals surface area contributed by atoms with Gasteiger partial charge in [-0.1, -0.05) is 12.2 Å². The van der Waals surface area contributed by atoms with Gasteiger partial charge in [-0.05, 0) is 20.3 Å². The summed E-state index contributed by atoms with van der Waals surface area (Å²) < 4.78 is 5.01. The molecule has 2 bridgehead atoms. The van der Waals surface area contributed by atoms with E-state index in [2.05, 4.69) is 0 Å². The first kappa shape index (κ1) is 10.2. The maximum Gasteiger partial charge on any atom is 0.325 e. The van der Waals surface area contributed by atoms with E-state index in [9.17, 15) is 9.59 Å². The molecule has 1 heterocycles. The molecule has 4 nitrogen and oxygen atoms in total. The third-order valence-corrected chi connectivity index (χ3v) is 2.73. The van der Waals surface area contributed by atoms with Crippen molar-refractivity contribution in [3.63, 3.8) is 0 Å². The zero-order valence-corrected chi connectivity index (χ0v) is 8.97. The van der Waals surface area contributed by atoms with Crippen LogP contribution in [0.4, 0.5) is 0 Å². The lowest BCUT2D eigenvalue weighted by molar-refractivity contribution is -0.152. The molecule has 0 aromatic rings. The van der Waals surface area contributed by atoms with Crippen LogP contribution in [0.5, 0.6) is 0 Å². The van der Waals surface area contributed by atoms with Gasteiger partial charge in [-0.3, -0.25) is 9.59 Å². The Hall–Kier alpha value is -1.32. The average molecular weight is 209 g/mol. The Balaban J connectivity index is 1.93. The van der Waals surface area contributed by atoms with Crippen LogP contribution in [-0.2, 0) is 14.3 Å². The standard InChI is InChI=1S/C11H15NO3/c1-7(2)15-10(13)6-12-9-4-3-8(5-9)11(12)14/h3-4,7-9H,5-6H2,1-2H3. The van der Waals surface area contributed by atoms with Gasteiger partial charge < -0.3 is 9.64 Å². The number of fused-ring (bicyclic) bond motifs is 2. The normalized spacial score (nSPS) is 27.9. The highest BCUT2D eigenvalue weighted by Gasteiger charge is 2.41. The monoisotopic (exact) mass is 209 g/mol. The molecule has 1 aliphatic carbocycles. The van der Waals surface area contributed by atoms with E-state index < -0.39 is 0 Å². The van der Waals surface area contributed by atoms with Crippen LogP contribution in [0.1, 0.15) is 20.3 Å². The minimum absolute atomic E-state index is 0.00171. The first-order chi connectivity index (χ1) is 7.08. The molecule has 1 saturated heterocycles. The van der Waals surface area contributed by atoms with E-state index in [0.29, 0.717) is 0 Å². The van der Waals surface area contributed by atoms with Crippen molar-refractivity contribution in [1.29, 1.82) is 0 Å². The fourth-order valence-corrected chi connectivity index (χ4v) is 2.10. The predicted molar refractivity (Wildman–Crippen MR) is 54.0 cm³/mol. The summed E-state index contributed by atoms with van der Waals surface area (Å²) in [6.07, 6.45) is 4.63. The Bertz CT molecular complexity index is 322. The fourth-order valence-electron chi connectivity index (χ4n) is 2.10. The van der Waals surface area contributed by atoms with E-state index in [4.69, 9.17) is 4.74 Å². The van der Waals surface area contributed by atoms with Crippen LogP contribution in [0.15, 0.2) is 12.2 Å². The van der Waals surface area contributed by atoms with E-state index >= 15 is 0 Å². The molecule has 1 fully saturated rings. The van der Waals surface area contributed by atoms with Gasteiger partial charge in [-0.25, -0.2) is 0 Å². The molecule has 0 aromatic carbocycles. The van der Waals surface area contributed by atoms with E-state index in [0.717, 1.165) is 6.42 Å². The van der Waals surface area contributed by atoms with Crippen molar-refractivity contribution in [2.24, 2.45) is 5.92 Å². The summed E-state index contributed by atoms with van der Waals surface area (Å²) in [5, 5.41) is 0. The molecule has 15 heavy (non-hydrogen) atoms. The van der Waals surface area contributed by atoms with E-state index in [1.165, 1.54) is 0 Å². The summed E-state index contributed by atoms with van der Waals surface area (Å²) in [6, 6.07) is 0.113. The number of rotatable bonds is 3. The molecule has 1 aliphatic heterocycles. The molecule has 0 aromatic heterocycles. The molecule has 2 aliphatic rings.